The number of carboxylic acid groups (broad SMARTS) is 1. The molecule has 0 saturated carbocycles. The summed E-state index contributed by atoms with van der Waals surface area (Å²) in [6.45, 7) is 1.85. The molecule has 0 saturated heterocycles. The number of alkyl carbamates (subject to hydrolysis) is 1. The van der Waals surface area contributed by atoms with E-state index in [-0.39, 0.29) is 30.3 Å². The number of nitrogens with zero attached hydrogens (tertiary/aromatic N) is 2. The molecule has 4 rings (SSSR count). The van der Waals surface area contributed by atoms with Gasteiger partial charge in [0.1, 0.15) is 6.61 Å². The Balaban J connectivity index is 1.32. The lowest BCUT2D eigenvalue weighted by atomic mass is 9.98. The number of carbonyl (C=O) groups is 3. The molecule has 1 aromatic heterocycles. The average molecular weight is 448 g/mol. The zero-order chi connectivity index (χ0) is 23.5. The molecule has 0 fully saturated rings. The maximum absolute atomic E-state index is 12.4. The maximum Gasteiger partial charge on any atom is 0.407 e. The molecule has 0 spiro atoms. The van der Waals surface area contributed by atoms with Crippen LogP contribution in [0.2, 0.25) is 0 Å². The SMILES string of the molecule is CC(CC(=O)Nc1cnn(C)c1C(=O)O)NC(=O)OCC1c2ccccc2-c2ccccc21. The summed E-state index contributed by atoms with van der Waals surface area (Å²) in [5, 5.41) is 18.3. The number of anilines is 1. The van der Waals surface area contributed by atoms with Gasteiger partial charge >= 0.3 is 12.1 Å². The van der Waals surface area contributed by atoms with Gasteiger partial charge in [-0.2, -0.15) is 5.10 Å². The van der Waals surface area contributed by atoms with E-state index < -0.39 is 24.0 Å². The van der Waals surface area contributed by atoms with Crippen molar-refractivity contribution in [2.24, 2.45) is 7.05 Å². The van der Waals surface area contributed by atoms with Crippen molar-refractivity contribution >= 4 is 23.7 Å². The van der Waals surface area contributed by atoms with Gasteiger partial charge in [0.05, 0.1) is 11.9 Å². The number of hydrogen-bond donors (Lipinski definition) is 3. The van der Waals surface area contributed by atoms with E-state index in [1.54, 1.807) is 6.92 Å². The van der Waals surface area contributed by atoms with Crippen molar-refractivity contribution in [3.8, 4) is 11.1 Å². The first-order chi connectivity index (χ1) is 15.8. The van der Waals surface area contributed by atoms with E-state index in [1.165, 1.54) is 13.2 Å². The molecule has 170 valence electrons. The normalized spacial score (nSPS) is 13.0. The van der Waals surface area contributed by atoms with Crippen LogP contribution in [-0.2, 0) is 16.6 Å². The van der Waals surface area contributed by atoms with Gasteiger partial charge in [-0.25, -0.2) is 9.59 Å². The second-order valence-corrected chi connectivity index (χ2v) is 7.96. The van der Waals surface area contributed by atoms with E-state index in [9.17, 15) is 19.5 Å². The van der Waals surface area contributed by atoms with Gasteiger partial charge in [-0.15, -0.1) is 0 Å². The smallest absolute Gasteiger partial charge is 0.407 e. The van der Waals surface area contributed by atoms with Crippen LogP contribution in [0.1, 0.15) is 40.9 Å². The second-order valence-electron chi connectivity index (χ2n) is 7.96. The van der Waals surface area contributed by atoms with E-state index in [0.29, 0.717) is 0 Å². The molecule has 1 atom stereocenters. The summed E-state index contributed by atoms with van der Waals surface area (Å²) in [6.07, 6.45) is 0.591. The van der Waals surface area contributed by atoms with Crippen LogP contribution in [-0.4, -0.2) is 45.5 Å². The predicted octanol–water partition coefficient (Wildman–Crippen LogP) is 3.37. The van der Waals surface area contributed by atoms with Crippen molar-refractivity contribution in [2.75, 3.05) is 11.9 Å². The molecule has 0 bridgehead atoms. The molecule has 9 nitrogen and oxygen atoms in total. The molecule has 1 heterocycles. The highest BCUT2D eigenvalue weighted by molar-refractivity contribution is 5.99. The van der Waals surface area contributed by atoms with Gasteiger partial charge in [-0.1, -0.05) is 48.5 Å². The molecule has 3 aromatic rings. The number of aromatic carboxylic acids is 1. The molecule has 33 heavy (non-hydrogen) atoms. The average Bonchev–Trinajstić information content (AvgIpc) is 3.29. The van der Waals surface area contributed by atoms with Crippen molar-refractivity contribution in [3.63, 3.8) is 0 Å². The minimum absolute atomic E-state index is 0.0539. The number of ether oxygens (including phenoxy) is 1. The Labute approximate surface area is 190 Å². The van der Waals surface area contributed by atoms with Gasteiger partial charge < -0.3 is 20.5 Å². The number of nitrogens with one attached hydrogen (secondary N) is 2. The molecule has 1 aliphatic carbocycles. The van der Waals surface area contributed by atoms with Gasteiger partial charge in [0.25, 0.3) is 0 Å². The van der Waals surface area contributed by atoms with Crippen LogP contribution < -0.4 is 10.6 Å². The molecule has 1 unspecified atom stereocenters. The number of hydrogen-bond acceptors (Lipinski definition) is 5. The first kappa shape index (κ1) is 22.1. The van der Waals surface area contributed by atoms with Gasteiger partial charge in [0.2, 0.25) is 5.91 Å². The lowest BCUT2D eigenvalue weighted by Gasteiger charge is -2.17. The second kappa shape index (κ2) is 9.15. The van der Waals surface area contributed by atoms with E-state index in [4.69, 9.17) is 4.74 Å². The quantitative estimate of drug-likeness (QED) is 0.509. The van der Waals surface area contributed by atoms with Crippen molar-refractivity contribution in [2.45, 2.75) is 25.3 Å². The number of benzene rings is 2. The van der Waals surface area contributed by atoms with Crippen molar-refractivity contribution in [1.29, 1.82) is 0 Å². The molecule has 3 N–H and O–H groups in total. The minimum Gasteiger partial charge on any atom is -0.476 e. The van der Waals surface area contributed by atoms with E-state index in [2.05, 4.69) is 27.9 Å². The number of carbonyl (C=O) groups excluding carboxylic acids is 2. The highest BCUT2D eigenvalue weighted by Crippen LogP contribution is 2.44. The maximum atomic E-state index is 12.4. The van der Waals surface area contributed by atoms with Crippen LogP contribution in [0.15, 0.2) is 54.7 Å². The third-order valence-electron chi connectivity index (χ3n) is 5.61. The van der Waals surface area contributed by atoms with Crippen molar-refractivity contribution in [3.05, 3.63) is 71.5 Å². The summed E-state index contributed by atoms with van der Waals surface area (Å²) >= 11 is 0. The monoisotopic (exact) mass is 448 g/mol. The Morgan fingerprint density at radius 1 is 1.09 bits per heavy atom. The predicted molar refractivity (Wildman–Crippen MR) is 121 cm³/mol. The third kappa shape index (κ3) is 4.57. The van der Waals surface area contributed by atoms with Gasteiger partial charge in [-0.05, 0) is 29.2 Å². The highest BCUT2D eigenvalue weighted by Gasteiger charge is 2.29. The minimum atomic E-state index is -1.20. The van der Waals surface area contributed by atoms with Crippen LogP contribution in [0.4, 0.5) is 10.5 Å². The van der Waals surface area contributed by atoms with Crippen LogP contribution in [0.5, 0.6) is 0 Å². The summed E-state index contributed by atoms with van der Waals surface area (Å²) in [4.78, 5) is 36.0. The number of fused-ring (bicyclic) bond motifs is 3. The van der Waals surface area contributed by atoms with E-state index in [0.717, 1.165) is 26.9 Å². The fraction of sp³-hybridized carbons (Fsp3) is 0.250. The Morgan fingerprint density at radius 2 is 1.70 bits per heavy atom. The van der Waals surface area contributed by atoms with Crippen molar-refractivity contribution in [1.82, 2.24) is 15.1 Å². The number of rotatable bonds is 7. The highest BCUT2D eigenvalue weighted by atomic mass is 16.5. The summed E-state index contributed by atoms with van der Waals surface area (Å²) in [6, 6.07) is 15.6. The topological polar surface area (TPSA) is 123 Å². The molecule has 0 radical (unpaired) electrons. The fourth-order valence-corrected chi connectivity index (χ4v) is 4.15. The van der Waals surface area contributed by atoms with Crippen LogP contribution in [0, 0.1) is 0 Å². The lowest BCUT2D eigenvalue weighted by molar-refractivity contribution is -0.116. The van der Waals surface area contributed by atoms with E-state index >= 15 is 0 Å². The molecule has 2 amide bonds. The molecule has 9 heteroatoms. The van der Waals surface area contributed by atoms with Gasteiger partial charge in [0.15, 0.2) is 5.69 Å². The summed E-state index contributed by atoms with van der Waals surface area (Å²) in [5.74, 6) is -1.70. The van der Waals surface area contributed by atoms with E-state index in [1.807, 2.05) is 36.4 Å². The summed E-state index contributed by atoms with van der Waals surface area (Å²) in [7, 11) is 1.47. The van der Waals surface area contributed by atoms with Crippen molar-refractivity contribution < 1.29 is 24.2 Å². The fourth-order valence-electron chi connectivity index (χ4n) is 4.15. The summed E-state index contributed by atoms with van der Waals surface area (Å²) in [5.41, 5.74) is 4.49. The number of amides is 2. The zero-order valence-electron chi connectivity index (χ0n) is 18.2. The molecule has 2 aromatic carbocycles. The first-order valence-corrected chi connectivity index (χ1v) is 10.5. The van der Waals surface area contributed by atoms with Crippen LogP contribution in [0.3, 0.4) is 0 Å². The zero-order valence-corrected chi connectivity index (χ0v) is 18.2. The largest absolute Gasteiger partial charge is 0.476 e. The Bertz CT molecular complexity index is 1170. The van der Waals surface area contributed by atoms with Crippen LogP contribution >= 0.6 is 0 Å². The molecule has 0 aliphatic heterocycles. The van der Waals surface area contributed by atoms with Gasteiger partial charge in [-0.3, -0.25) is 9.48 Å². The Morgan fingerprint density at radius 3 is 2.30 bits per heavy atom. The summed E-state index contributed by atoms with van der Waals surface area (Å²) < 4.78 is 6.65. The Kier molecular flexibility index (Phi) is 6.12. The van der Waals surface area contributed by atoms with Crippen LogP contribution in [0.25, 0.3) is 11.1 Å². The standard InChI is InChI=1S/C24H24N4O5/c1-14(11-21(29)27-20-12-25-28(2)22(20)23(30)31)26-24(32)33-13-19-17-9-5-3-7-15(17)16-8-4-6-10-18(16)19/h3-10,12,14,19H,11,13H2,1-2H3,(H,26,32)(H,27,29)(H,30,31). The van der Waals surface area contributed by atoms with Gasteiger partial charge in [0, 0.05) is 25.4 Å². The lowest BCUT2D eigenvalue weighted by Crippen LogP contribution is -2.36. The number of aromatic nitrogens is 2. The number of aryl methyl sites for hydroxylation is 1. The Hall–Kier alpha value is -4.14. The first-order valence-electron chi connectivity index (χ1n) is 10.5. The molecular weight excluding hydrogens is 424 g/mol. The molecular formula is C24H24N4O5. The number of carboxylic acids is 1. The molecule has 1 aliphatic rings. The third-order valence-corrected chi connectivity index (χ3v) is 5.61.